The number of rotatable bonds is 6. The minimum absolute atomic E-state index is 0.538. The van der Waals surface area contributed by atoms with E-state index in [4.69, 9.17) is 0 Å². The summed E-state index contributed by atoms with van der Waals surface area (Å²) in [5, 5.41) is 0. The minimum atomic E-state index is -3.11. The Morgan fingerprint density at radius 1 is 1.12 bits per heavy atom. The zero-order chi connectivity index (χ0) is 12.9. The summed E-state index contributed by atoms with van der Waals surface area (Å²) in [4.78, 5) is 0.538. The highest BCUT2D eigenvalue weighted by Gasteiger charge is 2.15. The van der Waals surface area contributed by atoms with Gasteiger partial charge in [-0.05, 0) is 30.9 Å². The Hall–Kier alpha value is -0.830. The smallest absolute Gasteiger partial charge is 0.176 e. The average Bonchev–Trinajstić information content (AvgIpc) is 2.22. The van der Waals surface area contributed by atoms with Gasteiger partial charge in [-0.25, -0.2) is 8.42 Å². The average molecular weight is 254 g/mol. The van der Waals surface area contributed by atoms with Crippen molar-refractivity contribution in [2.24, 2.45) is 0 Å². The van der Waals surface area contributed by atoms with Crippen molar-refractivity contribution in [3.8, 4) is 0 Å². The van der Waals surface area contributed by atoms with Crippen molar-refractivity contribution in [3.63, 3.8) is 0 Å². The zero-order valence-electron chi connectivity index (χ0n) is 11.0. The molecule has 2 nitrogen and oxygen atoms in total. The third kappa shape index (κ3) is 4.15. The van der Waals surface area contributed by atoms with Crippen LogP contribution in [-0.4, -0.2) is 14.7 Å². The highest BCUT2D eigenvalue weighted by Crippen LogP contribution is 2.22. The summed E-state index contributed by atoms with van der Waals surface area (Å²) in [5.41, 5.74) is 1.84. The van der Waals surface area contributed by atoms with Gasteiger partial charge >= 0.3 is 0 Å². The van der Waals surface area contributed by atoms with E-state index in [0.717, 1.165) is 24.0 Å². The Morgan fingerprint density at radius 2 is 1.82 bits per heavy atom. The van der Waals surface area contributed by atoms with Gasteiger partial charge in [-0.1, -0.05) is 44.4 Å². The lowest BCUT2D eigenvalue weighted by atomic mass is 10.0. The fraction of sp³-hybridized carbons (Fsp3) is 0.571. The van der Waals surface area contributed by atoms with E-state index in [0.29, 0.717) is 4.90 Å². The first-order valence-electron chi connectivity index (χ1n) is 6.25. The third-order valence-corrected chi connectivity index (χ3v) is 4.29. The molecule has 0 aliphatic rings. The largest absolute Gasteiger partial charge is 0.224 e. The fourth-order valence-corrected chi connectivity index (χ4v) is 3.48. The Labute approximate surface area is 105 Å². The summed E-state index contributed by atoms with van der Waals surface area (Å²) in [6.07, 6.45) is 6.83. The molecule has 1 aromatic rings. The van der Waals surface area contributed by atoms with Crippen molar-refractivity contribution >= 4 is 9.84 Å². The number of aryl methyl sites for hydroxylation is 2. The Kier molecular flexibility index (Phi) is 5.19. The number of hydrogen-bond acceptors (Lipinski definition) is 2. The molecule has 0 fully saturated rings. The minimum Gasteiger partial charge on any atom is -0.224 e. The maximum atomic E-state index is 11.8. The molecule has 0 heterocycles. The van der Waals surface area contributed by atoms with Gasteiger partial charge in [0.05, 0.1) is 4.90 Å². The summed E-state index contributed by atoms with van der Waals surface area (Å²) in [5.74, 6) is 0. The van der Waals surface area contributed by atoms with Crippen LogP contribution < -0.4 is 0 Å². The monoisotopic (exact) mass is 254 g/mol. The first kappa shape index (κ1) is 14.2. The highest BCUT2D eigenvalue weighted by molar-refractivity contribution is 7.90. The number of benzene rings is 1. The molecule has 1 aromatic carbocycles. The molecule has 0 spiro atoms. The predicted molar refractivity (Wildman–Crippen MR) is 72.1 cm³/mol. The van der Waals surface area contributed by atoms with Gasteiger partial charge in [0, 0.05) is 6.26 Å². The first-order valence-corrected chi connectivity index (χ1v) is 8.14. The lowest BCUT2D eigenvalue weighted by Crippen LogP contribution is -2.05. The van der Waals surface area contributed by atoms with Gasteiger partial charge in [0.25, 0.3) is 0 Å². The van der Waals surface area contributed by atoms with E-state index in [2.05, 4.69) is 6.92 Å². The van der Waals surface area contributed by atoms with Crippen LogP contribution in [0.1, 0.15) is 43.7 Å². The van der Waals surface area contributed by atoms with Crippen LogP contribution in [0.3, 0.4) is 0 Å². The molecule has 0 saturated heterocycles. The van der Waals surface area contributed by atoms with E-state index in [1.54, 1.807) is 0 Å². The lowest BCUT2D eigenvalue weighted by molar-refractivity contribution is 0.598. The van der Waals surface area contributed by atoms with Gasteiger partial charge in [0.2, 0.25) is 0 Å². The van der Waals surface area contributed by atoms with Crippen molar-refractivity contribution in [3.05, 3.63) is 29.3 Å². The second kappa shape index (κ2) is 6.20. The number of unbranched alkanes of at least 4 members (excludes halogenated alkanes) is 3. The van der Waals surface area contributed by atoms with Gasteiger partial charge in [0.15, 0.2) is 9.84 Å². The van der Waals surface area contributed by atoms with Crippen LogP contribution in [0.15, 0.2) is 23.1 Å². The molecule has 17 heavy (non-hydrogen) atoms. The molecule has 0 amide bonds. The normalized spacial score (nSPS) is 11.7. The van der Waals surface area contributed by atoms with Crippen LogP contribution in [0.25, 0.3) is 0 Å². The van der Waals surface area contributed by atoms with Crippen LogP contribution >= 0.6 is 0 Å². The fourth-order valence-electron chi connectivity index (χ4n) is 2.18. The molecule has 96 valence electrons. The maximum Gasteiger partial charge on any atom is 0.176 e. The van der Waals surface area contributed by atoms with Crippen LogP contribution in [0.5, 0.6) is 0 Å². The SMILES string of the molecule is CCCCCCc1cccc(C)c1S(C)(=O)=O. The van der Waals surface area contributed by atoms with Crippen molar-refractivity contribution in [1.82, 2.24) is 0 Å². The molecule has 0 bridgehead atoms. The Morgan fingerprint density at radius 3 is 2.41 bits per heavy atom. The highest BCUT2D eigenvalue weighted by atomic mass is 32.2. The first-order chi connectivity index (χ1) is 7.96. The van der Waals surface area contributed by atoms with E-state index in [1.165, 1.54) is 25.5 Å². The summed E-state index contributed by atoms with van der Waals surface area (Å²) in [7, 11) is -3.11. The Balaban J connectivity index is 2.89. The third-order valence-electron chi connectivity index (χ3n) is 2.96. The van der Waals surface area contributed by atoms with Gasteiger partial charge in [0.1, 0.15) is 0 Å². The molecule has 0 unspecified atom stereocenters. The molecule has 0 aromatic heterocycles. The second-order valence-electron chi connectivity index (χ2n) is 4.65. The van der Waals surface area contributed by atoms with Crippen LogP contribution in [0, 0.1) is 6.92 Å². The van der Waals surface area contributed by atoms with Crippen molar-refractivity contribution in [2.45, 2.75) is 50.8 Å². The second-order valence-corrected chi connectivity index (χ2v) is 6.60. The molecular weight excluding hydrogens is 232 g/mol. The molecule has 0 aliphatic carbocycles. The molecular formula is C14H22O2S. The molecule has 3 heteroatoms. The number of hydrogen-bond donors (Lipinski definition) is 0. The van der Waals surface area contributed by atoms with E-state index >= 15 is 0 Å². The molecule has 0 saturated carbocycles. The van der Waals surface area contributed by atoms with E-state index < -0.39 is 9.84 Å². The predicted octanol–water partition coefficient (Wildman–Crippen LogP) is 3.52. The van der Waals surface area contributed by atoms with Crippen molar-refractivity contribution in [2.75, 3.05) is 6.26 Å². The molecule has 1 rings (SSSR count). The van der Waals surface area contributed by atoms with Gasteiger partial charge < -0.3 is 0 Å². The van der Waals surface area contributed by atoms with Crippen LogP contribution in [-0.2, 0) is 16.3 Å². The summed E-state index contributed by atoms with van der Waals surface area (Å²) >= 11 is 0. The Bertz CT molecular complexity index is 461. The van der Waals surface area contributed by atoms with E-state index in [-0.39, 0.29) is 0 Å². The van der Waals surface area contributed by atoms with E-state index in [1.807, 2.05) is 25.1 Å². The topological polar surface area (TPSA) is 34.1 Å². The quantitative estimate of drug-likeness (QED) is 0.728. The standard InChI is InChI=1S/C14H22O2S/c1-4-5-6-7-10-13-11-8-9-12(2)14(13)17(3,15)16/h8-9,11H,4-7,10H2,1-3H3. The molecule has 0 radical (unpaired) electrons. The molecule has 0 aliphatic heterocycles. The van der Waals surface area contributed by atoms with Gasteiger partial charge in [-0.15, -0.1) is 0 Å². The molecule has 0 N–H and O–H groups in total. The van der Waals surface area contributed by atoms with Crippen LogP contribution in [0.4, 0.5) is 0 Å². The number of sulfone groups is 1. The lowest BCUT2D eigenvalue weighted by Gasteiger charge is -2.10. The zero-order valence-corrected chi connectivity index (χ0v) is 11.8. The van der Waals surface area contributed by atoms with Gasteiger partial charge in [-0.3, -0.25) is 0 Å². The summed E-state index contributed by atoms with van der Waals surface area (Å²) < 4.78 is 23.5. The summed E-state index contributed by atoms with van der Waals surface area (Å²) in [6.45, 7) is 4.04. The maximum absolute atomic E-state index is 11.8. The van der Waals surface area contributed by atoms with Crippen molar-refractivity contribution in [1.29, 1.82) is 0 Å². The molecule has 0 atom stereocenters. The summed E-state index contributed by atoms with van der Waals surface area (Å²) in [6, 6.07) is 5.75. The van der Waals surface area contributed by atoms with Crippen LogP contribution in [0.2, 0.25) is 0 Å². The van der Waals surface area contributed by atoms with E-state index in [9.17, 15) is 8.42 Å². The van der Waals surface area contributed by atoms with Gasteiger partial charge in [-0.2, -0.15) is 0 Å². The van der Waals surface area contributed by atoms with Crippen molar-refractivity contribution < 1.29 is 8.42 Å².